The van der Waals surface area contributed by atoms with Crippen molar-refractivity contribution >= 4 is 56.9 Å². The lowest BCUT2D eigenvalue weighted by Crippen LogP contribution is -2.38. The number of thiocarbonyl (C=S) groups is 1. The summed E-state index contributed by atoms with van der Waals surface area (Å²) in [7, 11) is 0. The highest BCUT2D eigenvalue weighted by Crippen LogP contribution is 2.36. The normalized spacial score (nSPS) is 17.5. The third kappa shape index (κ3) is 4.85. The van der Waals surface area contributed by atoms with E-state index in [2.05, 4.69) is 23.1 Å². The highest BCUT2D eigenvalue weighted by atomic mass is 32.2. The van der Waals surface area contributed by atoms with Crippen LogP contribution in [0.3, 0.4) is 0 Å². The van der Waals surface area contributed by atoms with Crippen LogP contribution in [-0.2, 0) is 22.5 Å². The summed E-state index contributed by atoms with van der Waals surface area (Å²) in [6.45, 7) is 5.68. The van der Waals surface area contributed by atoms with Gasteiger partial charge in [-0.05, 0) is 37.5 Å². The second kappa shape index (κ2) is 11.0. The van der Waals surface area contributed by atoms with E-state index in [4.69, 9.17) is 17.0 Å². The molecule has 2 aliphatic rings. The van der Waals surface area contributed by atoms with Gasteiger partial charge in [-0.1, -0.05) is 72.5 Å². The molecule has 0 aliphatic carbocycles. The van der Waals surface area contributed by atoms with E-state index < -0.39 is 0 Å². The topological polar surface area (TPSA) is 54.8 Å². The second-order valence-electron chi connectivity index (χ2n) is 8.85. The van der Waals surface area contributed by atoms with Gasteiger partial charge >= 0.3 is 0 Å². The molecule has 2 aliphatic heterocycles. The average Bonchev–Trinajstić information content (AvgIpc) is 3.17. The SMILES string of the molecule is CCn1c(=O)c(C=C2SC(=S)N(CCCc3ccccc3)C2=O)c(N2CCOCC2)c2ccccc21. The molecule has 1 aromatic heterocycles. The van der Waals surface area contributed by atoms with Crippen molar-refractivity contribution in [3.63, 3.8) is 0 Å². The minimum Gasteiger partial charge on any atom is -0.378 e. The number of para-hydroxylation sites is 1. The van der Waals surface area contributed by atoms with E-state index in [0.717, 1.165) is 29.4 Å². The molecule has 0 radical (unpaired) electrons. The van der Waals surface area contributed by atoms with Gasteiger partial charge in [0.05, 0.1) is 34.9 Å². The number of carbonyl (C=O) groups excluding carboxylic acids is 1. The quantitative estimate of drug-likeness (QED) is 0.333. The maximum absolute atomic E-state index is 13.8. The van der Waals surface area contributed by atoms with Gasteiger partial charge in [0, 0.05) is 31.6 Å². The van der Waals surface area contributed by atoms with Gasteiger partial charge in [0.1, 0.15) is 4.32 Å². The Morgan fingerprint density at radius 3 is 2.50 bits per heavy atom. The number of rotatable bonds is 7. The highest BCUT2D eigenvalue weighted by Gasteiger charge is 2.33. The molecule has 2 fully saturated rings. The molecule has 0 N–H and O–H groups in total. The first kappa shape index (κ1) is 24.7. The standard InChI is InChI=1S/C28H29N3O3S2/c1-2-30-23-13-7-6-12-21(23)25(29-15-17-34-18-16-29)22(26(30)32)19-24-27(33)31(28(35)36-24)14-8-11-20-9-4-3-5-10-20/h3-7,9-10,12-13,19H,2,8,11,14-18H2,1H3. The van der Waals surface area contributed by atoms with Crippen molar-refractivity contribution in [1.29, 1.82) is 0 Å². The number of anilines is 1. The van der Waals surface area contributed by atoms with Crippen LogP contribution >= 0.6 is 24.0 Å². The summed E-state index contributed by atoms with van der Waals surface area (Å²) in [5.74, 6) is -0.124. The van der Waals surface area contributed by atoms with Crippen LogP contribution in [0.5, 0.6) is 0 Å². The number of aromatic nitrogens is 1. The first-order valence-corrected chi connectivity index (χ1v) is 13.6. The number of benzene rings is 2. The fourth-order valence-corrected chi connectivity index (χ4v) is 6.18. The van der Waals surface area contributed by atoms with Gasteiger partial charge in [0.25, 0.3) is 11.5 Å². The van der Waals surface area contributed by atoms with Crippen molar-refractivity contribution in [3.05, 3.63) is 81.0 Å². The number of fused-ring (bicyclic) bond motifs is 1. The number of nitrogens with zero attached hydrogens (tertiary/aromatic N) is 3. The van der Waals surface area contributed by atoms with Crippen LogP contribution in [0, 0.1) is 0 Å². The molecule has 186 valence electrons. The Morgan fingerprint density at radius 2 is 1.75 bits per heavy atom. The van der Waals surface area contributed by atoms with E-state index in [1.807, 2.05) is 43.3 Å². The number of thioether (sulfide) groups is 1. The summed E-state index contributed by atoms with van der Waals surface area (Å²) in [6, 6.07) is 18.2. The molecule has 1 amide bonds. The largest absolute Gasteiger partial charge is 0.378 e. The van der Waals surface area contributed by atoms with Crippen LogP contribution in [0.25, 0.3) is 17.0 Å². The molecule has 5 rings (SSSR count). The first-order valence-electron chi connectivity index (χ1n) is 12.4. The fraction of sp³-hybridized carbons (Fsp3) is 0.321. The van der Waals surface area contributed by atoms with Crippen molar-refractivity contribution in [2.45, 2.75) is 26.3 Å². The van der Waals surface area contributed by atoms with Gasteiger partial charge in [-0.2, -0.15) is 0 Å². The van der Waals surface area contributed by atoms with Gasteiger partial charge in [-0.15, -0.1) is 0 Å². The monoisotopic (exact) mass is 519 g/mol. The fourth-order valence-electron chi connectivity index (χ4n) is 4.89. The lowest BCUT2D eigenvalue weighted by molar-refractivity contribution is -0.122. The second-order valence-corrected chi connectivity index (χ2v) is 10.5. The summed E-state index contributed by atoms with van der Waals surface area (Å²) in [5, 5.41) is 1.01. The van der Waals surface area contributed by atoms with Crippen LogP contribution < -0.4 is 10.5 Å². The number of carbonyl (C=O) groups is 1. The number of pyridine rings is 1. The van der Waals surface area contributed by atoms with E-state index in [0.29, 0.717) is 54.2 Å². The molecule has 0 spiro atoms. The van der Waals surface area contributed by atoms with Gasteiger partial charge in [-0.25, -0.2) is 0 Å². The third-order valence-corrected chi connectivity index (χ3v) is 8.04. The van der Waals surface area contributed by atoms with E-state index in [-0.39, 0.29) is 11.5 Å². The van der Waals surface area contributed by atoms with Crippen LogP contribution in [0.2, 0.25) is 0 Å². The molecule has 0 atom stereocenters. The van der Waals surface area contributed by atoms with Gasteiger partial charge in [-0.3, -0.25) is 14.5 Å². The first-order chi connectivity index (χ1) is 17.6. The van der Waals surface area contributed by atoms with Gasteiger partial charge in [0.2, 0.25) is 0 Å². The predicted octanol–water partition coefficient (Wildman–Crippen LogP) is 4.69. The van der Waals surface area contributed by atoms with Crippen molar-refractivity contribution in [1.82, 2.24) is 9.47 Å². The van der Waals surface area contributed by atoms with Crippen molar-refractivity contribution in [3.8, 4) is 0 Å². The van der Waals surface area contributed by atoms with Crippen molar-refractivity contribution in [2.24, 2.45) is 0 Å². The Morgan fingerprint density at radius 1 is 1.03 bits per heavy atom. The van der Waals surface area contributed by atoms with Crippen LogP contribution in [0.4, 0.5) is 5.69 Å². The number of amides is 1. The average molecular weight is 520 g/mol. The molecule has 2 saturated heterocycles. The maximum atomic E-state index is 13.8. The molecule has 2 aromatic carbocycles. The summed E-state index contributed by atoms with van der Waals surface area (Å²) >= 11 is 6.86. The van der Waals surface area contributed by atoms with Gasteiger partial charge < -0.3 is 14.2 Å². The molecule has 3 aromatic rings. The van der Waals surface area contributed by atoms with E-state index in [1.54, 1.807) is 15.5 Å². The molecule has 3 heterocycles. The summed E-state index contributed by atoms with van der Waals surface area (Å²) < 4.78 is 7.90. The third-order valence-electron chi connectivity index (χ3n) is 6.66. The molecule has 6 nitrogen and oxygen atoms in total. The lowest BCUT2D eigenvalue weighted by Gasteiger charge is -2.31. The van der Waals surface area contributed by atoms with Crippen LogP contribution in [-0.4, -0.2) is 52.5 Å². The molecule has 0 unspecified atom stereocenters. The predicted molar refractivity (Wildman–Crippen MR) is 152 cm³/mol. The number of hydrogen-bond acceptors (Lipinski definition) is 6. The van der Waals surface area contributed by atoms with Crippen LogP contribution in [0.1, 0.15) is 24.5 Å². The Kier molecular flexibility index (Phi) is 7.55. The lowest BCUT2D eigenvalue weighted by atomic mass is 10.1. The maximum Gasteiger partial charge on any atom is 0.266 e. The van der Waals surface area contributed by atoms with Crippen LogP contribution in [0.15, 0.2) is 64.3 Å². The summed E-state index contributed by atoms with van der Waals surface area (Å²) in [6.07, 6.45) is 3.47. The molecular formula is C28H29N3O3S2. The molecular weight excluding hydrogens is 490 g/mol. The Labute approximate surface area is 220 Å². The molecule has 0 saturated carbocycles. The van der Waals surface area contributed by atoms with E-state index in [9.17, 15) is 9.59 Å². The van der Waals surface area contributed by atoms with Crippen molar-refractivity contribution < 1.29 is 9.53 Å². The minimum atomic E-state index is -0.124. The summed E-state index contributed by atoms with van der Waals surface area (Å²) in [5.41, 5.74) is 3.47. The number of ether oxygens (including phenoxy) is 1. The van der Waals surface area contributed by atoms with E-state index in [1.165, 1.54) is 17.3 Å². The molecule has 0 bridgehead atoms. The molecule has 8 heteroatoms. The smallest absolute Gasteiger partial charge is 0.266 e. The Bertz CT molecular complexity index is 1380. The highest BCUT2D eigenvalue weighted by molar-refractivity contribution is 8.26. The Hall–Kier alpha value is -2.94. The van der Waals surface area contributed by atoms with Crippen molar-refractivity contribution in [2.75, 3.05) is 37.7 Å². The Balaban J connectivity index is 1.50. The number of hydrogen-bond donors (Lipinski definition) is 0. The molecule has 36 heavy (non-hydrogen) atoms. The zero-order valence-electron chi connectivity index (χ0n) is 20.3. The zero-order valence-corrected chi connectivity index (χ0v) is 21.9. The zero-order chi connectivity index (χ0) is 25.1. The number of morpholine rings is 1. The summed E-state index contributed by atoms with van der Waals surface area (Å²) in [4.78, 5) is 31.5. The minimum absolute atomic E-state index is 0.0907. The van der Waals surface area contributed by atoms with Gasteiger partial charge in [0.15, 0.2) is 0 Å². The number of aryl methyl sites for hydroxylation is 2. The van der Waals surface area contributed by atoms with E-state index >= 15 is 0 Å².